The van der Waals surface area contributed by atoms with Gasteiger partial charge in [-0.25, -0.2) is 9.97 Å². The molecule has 1 aliphatic rings. The fourth-order valence-corrected chi connectivity index (χ4v) is 3.88. The molecule has 32 heavy (non-hydrogen) atoms. The Morgan fingerprint density at radius 3 is 2.62 bits per heavy atom. The number of hydrogen-bond donors (Lipinski definition) is 2. The maximum Gasteiger partial charge on any atom is 0.180 e. The number of H-pyrrole nitrogens is 1. The molecule has 5 rings (SSSR count). The van der Waals surface area contributed by atoms with Crippen molar-refractivity contribution in [1.82, 2.24) is 19.9 Å². The SMILES string of the molecule is Clc1cnc2nc(-c3ccc(OCCN4CCOCC4)cc3)[nH]c2c1Nc1ccccc1. The van der Waals surface area contributed by atoms with E-state index in [1.54, 1.807) is 6.20 Å². The minimum absolute atomic E-state index is 0.528. The highest BCUT2D eigenvalue weighted by atomic mass is 35.5. The number of imidazole rings is 1. The predicted octanol–water partition coefficient (Wildman–Crippen LogP) is 4.73. The molecule has 7 nitrogen and oxygen atoms in total. The largest absolute Gasteiger partial charge is 0.492 e. The number of pyridine rings is 1. The summed E-state index contributed by atoms with van der Waals surface area (Å²) in [7, 11) is 0. The average molecular weight is 450 g/mol. The van der Waals surface area contributed by atoms with Crippen molar-refractivity contribution in [3.63, 3.8) is 0 Å². The van der Waals surface area contributed by atoms with Gasteiger partial charge in [-0.2, -0.15) is 0 Å². The van der Waals surface area contributed by atoms with Gasteiger partial charge in [0.25, 0.3) is 0 Å². The molecule has 3 heterocycles. The van der Waals surface area contributed by atoms with E-state index in [9.17, 15) is 0 Å². The van der Waals surface area contributed by atoms with E-state index in [4.69, 9.17) is 21.1 Å². The first-order chi connectivity index (χ1) is 15.8. The zero-order valence-corrected chi connectivity index (χ0v) is 18.3. The molecule has 2 N–H and O–H groups in total. The molecule has 1 aliphatic heterocycles. The van der Waals surface area contributed by atoms with E-state index < -0.39 is 0 Å². The molecule has 2 aromatic carbocycles. The fourth-order valence-electron chi connectivity index (χ4n) is 3.68. The summed E-state index contributed by atoms with van der Waals surface area (Å²) in [6.07, 6.45) is 1.62. The van der Waals surface area contributed by atoms with Crippen LogP contribution in [-0.4, -0.2) is 59.3 Å². The van der Waals surface area contributed by atoms with Gasteiger partial charge in [-0.1, -0.05) is 29.8 Å². The minimum atomic E-state index is 0.528. The lowest BCUT2D eigenvalue weighted by atomic mass is 10.2. The fraction of sp³-hybridized carbons (Fsp3) is 0.250. The van der Waals surface area contributed by atoms with Crippen molar-refractivity contribution in [3.05, 3.63) is 65.8 Å². The molecule has 0 unspecified atom stereocenters. The summed E-state index contributed by atoms with van der Waals surface area (Å²) >= 11 is 6.43. The first-order valence-electron chi connectivity index (χ1n) is 10.7. The third-order valence-electron chi connectivity index (χ3n) is 5.42. The highest BCUT2D eigenvalue weighted by molar-refractivity contribution is 6.34. The Morgan fingerprint density at radius 1 is 1.06 bits per heavy atom. The van der Waals surface area contributed by atoms with Crippen LogP contribution in [0, 0.1) is 0 Å². The normalized spacial score (nSPS) is 14.5. The van der Waals surface area contributed by atoms with Gasteiger partial charge < -0.3 is 19.8 Å². The first kappa shape index (κ1) is 20.8. The lowest BCUT2D eigenvalue weighted by Crippen LogP contribution is -2.38. The highest BCUT2D eigenvalue weighted by Gasteiger charge is 2.14. The molecule has 4 aromatic rings. The van der Waals surface area contributed by atoms with Crippen LogP contribution in [-0.2, 0) is 4.74 Å². The van der Waals surface area contributed by atoms with E-state index in [2.05, 4.69) is 25.2 Å². The summed E-state index contributed by atoms with van der Waals surface area (Å²) in [4.78, 5) is 14.8. The van der Waals surface area contributed by atoms with E-state index in [0.29, 0.717) is 17.3 Å². The zero-order valence-electron chi connectivity index (χ0n) is 17.6. The Kier molecular flexibility index (Phi) is 6.20. The maximum absolute atomic E-state index is 6.43. The number of aromatic amines is 1. The number of ether oxygens (including phenoxy) is 2. The monoisotopic (exact) mass is 449 g/mol. The molecule has 0 aliphatic carbocycles. The van der Waals surface area contributed by atoms with E-state index in [1.807, 2.05) is 54.6 Å². The van der Waals surface area contributed by atoms with E-state index in [0.717, 1.165) is 66.9 Å². The van der Waals surface area contributed by atoms with Crippen molar-refractivity contribution >= 4 is 34.1 Å². The third kappa shape index (κ3) is 4.70. The van der Waals surface area contributed by atoms with Crippen LogP contribution >= 0.6 is 11.6 Å². The van der Waals surface area contributed by atoms with Gasteiger partial charge in [-0.05, 0) is 36.4 Å². The van der Waals surface area contributed by atoms with Gasteiger partial charge in [0.2, 0.25) is 0 Å². The molecule has 0 spiro atoms. The number of fused-ring (bicyclic) bond motifs is 1. The van der Waals surface area contributed by atoms with Crippen molar-refractivity contribution in [2.24, 2.45) is 0 Å². The van der Waals surface area contributed by atoms with Gasteiger partial charge in [0.15, 0.2) is 5.65 Å². The number of nitrogens with one attached hydrogen (secondary N) is 2. The predicted molar refractivity (Wildman–Crippen MR) is 127 cm³/mol. The van der Waals surface area contributed by atoms with E-state index in [-0.39, 0.29) is 0 Å². The number of rotatable bonds is 7. The van der Waals surface area contributed by atoms with Crippen LogP contribution in [0.15, 0.2) is 60.8 Å². The van der Waals surface area contributed by atoms with Gasteiger partial charge in [0.1, 0.15) is 23.7 Å². The Labute approximate surface area is 191 Å². The Bertz CT molecular complexity index is 1170. The number of nitrogens with zero attached hydrogens (tertiary/aromatic N) is 3. The molecule has 0 atom stereocenters. The van der Waals surface area contributed by atoms with Gasteiger partial charge >= 0.3 is 0 Å². The second-order valence-corrected chi connectivity index (χ2v) is 7.99. The van der Waals surface area contributed by atoms with Crippen LogP contribution in [0.1, 0.15) is 0 Å². The molecular formula is C24H24ClN5O2. The third-order valence-corrected chi connectivity index (χ3v) is 5.71. The Morgan fingerprint density at radius 2 is 1.84 bits per heavy atom. The lowest BCUT2D eigenvalue weighted by Gasteiger charge is -2.26. The van der Waals surface area contributed by atoms with Crippen LogP contribution in [0.2, 0.25) is 5.02 Å². The molecular weight excluding hydrogens is 426 g/mol. The number of para-hydroxylation sites is 1. The van der Waals surface area contributed by atoms with Crippen molar-refractivity contribution in [2.45, 2.75) is 0 Å². The topological polar surface area (TPSA) is 75.3 Å². The second kappa shape index (κ2) is 9.56. The number of anilines is 2. The molecule has 0 radical (unpaired) electrons. The molecule has 2 aromatic heterocycles. The van der Waals surface area contributed by atoms with E-state index in [1.165, 1.54) is 0 Å². The van der Waals surface area contributed by atoms with Crippen LogP contribution in [0.4, 0.5) is 11.4 Å². The summed E-state index contributed by atoms with van der Waals surface area (Å²) in [5.74, 6) is 1.57. The molecule has 0 saturated carbocycles. The van der Waals surface area contributed by atoms with Gasteiger partial charge in [0, 0.05) is 30.9 Å². The van der Waals surface area contributed by atoms with Gasteiger partial charge in [-0.3, -0.25) is 4.90 Å². The van der Waals surface area contributed by atoms with Crippen molar-refractivity contribution in [2.75, 3.05) is 44.8 Å². The minimum Gasteiger partial charge on any atom is -0.492 e. The van der Waals surface area contributed by atoms with Crippen molar-refractivity contribution in [3.8, 4) is 17.1 Å². The van der Waals surface area contributed by atoms with Gasteiger partial charge in [0.05, 0.1) is 30.1 Å². The summed E-state index contributed by atoms with van der Waals surface area (Å²) in [6, 6.07) is 17.8. The van der Waals surface area contributed by atoms with Crippen molar-refractivity contribution in [1.29, 1.82) is 0 Å². The molecule has 0 amide bonds. The summed E-state index contributed by atoms with van der Waals surface area (Å²) in [5, 5.41) is 3.89. The average Bonchev–Trinajstić information content (AvgIpc) is 3.27. The molecule has 164 valence electrons. The Hall–Kier alpha value is -3.13. The molecule has 1 fully saturated rings. The number of aromatic nitrogens is 3. The van der Waals surface area contributed by atoms with Crippen LogP contribution in [0.5, 0.6) is 5.75 Å². The standard InChI is InChI=1S/C24H24ClN5O2/c25-20-16-26-24-22(21(20)27-18-4-2-1-3-5-18)28-23(29-24)17-6-8-19(9-7-17)32-15-12-30-10-13-31-14-11-30/h1-9,16H,10-15H2,(H2,26,27,28,29). The molecule has 1 saturated heterocycles. The number of hydrogen-bond acceptors (Lipinski definition) is 6. The summed E-state index contributed by atoms with van der Waals surface area (Å²) in [5.41, 5.74) is 4.02. The van der Waals surface area contributed by atoms with Gasteiger partial charge in [-0.15, -0.1) is 0 Å². The van der Waals surface area contributed by atoms with Crippen LogP contribution < -0.4 is 10.1 Å². The second-order valence-electron chi connectivity index (χ2n) is 7.58. The number of halogens is 1. The van der Waals surface area contributed by atoms with Crippen LogP contribution in [0.25, 0.3) is 22.6 Å². The first-order valence-corrected chi connectivity index (χ1v) is 11.0. The maximum atomic E-state index is 6.43. The zero-order chi connectivity index (χ0) is 21.8. The van der Waals surface area contributed by atoms with Crippen molar-refractivity contribution < 1.29 is 9.47 Å². The lowest BCUT2D eigenvalue weighted by molar-refractivity contribution is 0.0322. The van der Waals surface area contributed by atoms with Crippen LogP contribution in [0.3, 0.4) is 0 Å². The molecule has 8 heteroatoms. The highest BCUT2D eigenvalue weighted by Crippen LogP contribution is 2.33. The number of morpholine rings is 1. The van der Waals surface area contributed by atoms with E-state index >= 15 is 0 Å². The summed E-state index contributed by atoms with van der Waals surface area (Å²) in [6.45, 7) is 5.09. The Balaban J connectivity index is 1.30. The smallest absolute Gasteiger partial charge is 0.180 e. The summed E-state index contributed by atoms with van der Waals surface area (Å²) < 4.78 is 11.3. The molecule has 0 bridgehead atoms. The number of benzene rings is 2. The quantitative estimate of drug-likeness (QED) is 0.424.